The Labute approximate surface area is 169 Å². The van der Waals surface area contributed by atoms with Gasteiger partial charge in [0.25, 0.3) is 5.79 Å². The molecule has 124 valence electrons. The van der Waals surface area contributed by atoms with Crippen molar-refractivity contribution in [3.8, 4) is 11.5 Å². The van der Waals surface area contributed by atoms with Gasteiger partial charge in [-0.1, -0.05) is 30.7 Å². The van der Waals surface area contributed by atoms with E-state index in [4.69, 9.17) is 9.47 Å². The van der Waals surface area contributed by atoms with Crippen LogP contribution in [0.3, 0.4) is 0 Å². The van der Waals surface area contributed by atoms with E-state index < -0.39 is 5.79 Å². The van der Waals surface area contributed by atoms with Crippen LogP contribution in [0, 0.1) is 19.0 Å². The average Bonchev–Trinajstić information content (AvgIpc) is 2.58. The average molecular weight is 544 g/mol. The van der Waals surface area contributed by atoms with Gasteiger partial charge in [-0.2, -0.15) is 0 Å². The highest BCUT2D eigenvalue weighted by atomic mass is 127. The maximum absolute atomic E-state index is 6.74. The minimum atomic E-state index is -0.471. The highest BCUT2D eigenvalue weighted by Crippen LogP contribution is 2.54. The van der Waals surface area contributed by atoms with Crippen LogP contribution in [0.4, 0.5) is 0 Å². The first-order valence-corrected chi connectivity index (χ1v) is 10.8. The largest absolute Gasteiger partial charge is 0.450 e. The Morgan fingerprint density at radius 3 is 1.79 bits per heavy atom. The van der Waals surface area contributed by atoms with Crippen LogP contribution in [0.1, 0.15) is 30.4 Å². The summed E-state index contributed by atoms with van der Waals surface area (Å²) >= 11 is 4.78. The monoisotopic (exact) mass is 544 g/mol. The van der Waals surface area contributed by atoms with Gasteiger partial charge in [0.05, 0.1) is 7.14 Å². The topological polar surface area (TPSA) is 18.5 Å². The number of benzene rings is 2. The van der Waals surface area contributed by atoms with E-state index in [1.807, 2.05) is 0 Å². The molecule has 0 saturated heterocycles. The van der Waals surface area contributed by atoms with E-state index in [0.717, 1.165) is 24.3 Å². The maximum atomic E-state index is 6.74. The number of hydrogen-bond donors (Lipinski definition) is 0. The predicted octanol–water partition coefficient (Wildman–Crippen LogP) is 5.58. The highest BCUT2D eigenvalue weighted by Gasteiger charge is 2.57. The van der Waals surface area contributed by atoms with E-state index in [0.29, 0.717) is 11.8 Å². The number of rotatable bonds is 0. The molecule has 2 heterocycles. The van der Waals surface area contributed by atoms with E-state index in [-0.39, 0.29) is 0 Å². The zero-order valence-corrected chi connectivity index (χ0v) is 17.5. The second-order valence-electron chi connectivity index (χ2n) is 7.11. The summed E-state index contributed by atoms with van der Waals surface area (Å²) in [5, 5.41) is 0. The van der Waals surface area contributed by atoms with Crippen LogP contribution in [-0.2, 0) is 12.8 Å². The van der Waals surface area contributed by atoms with Gasteiger partial charge in [0, 0.05) is 11.8 Å². The van der Waals surface area contributed by atoms with Crippen LogP contribution >= 0.6 is 45.2 Å². The normalized spacial score (nSPS) is 30.1. The molecule has 2 aromatic rings. The van der Waals surface area contributed by atoms with Gasteiger partial charge in [0.2, 0.25) is 0 Å². The molecule has 2 atom stereocenters. The molecule has 1 aliphatic carbocycles. The lowest BCUT2D eigenvalue weighted by atomic mass is 9.68. The van der Waals surface area contributed by atoms with Crippen LogP contribution in [0.25, 0.3) is 0 Å². The molecule has 2 nitrogen and oxygen atoms in total. The lowest BCUT2D eigenvalue weighted by molar-refractivity contribution is -0.226. The van der Waals surface area contributed by atoms with Gasteiger partial charge in [-0.05, 0) is 94.1 Å². The summed E-state index contributed by atoms with van der Waals surface area (Å²) in [5.74, 6) is 2.53. The Bertz CT molecular complexity index is 750. The Hall–Kier alpha value is -0.500. The molecule has 2 aromatic carbocycles. The molecule has 1 fully saturated rings. The van der Waals surface area contributed by atoms with Crippen molar-refractivity contribution >= 4 is 45.2 Å². The molecule has 0 bridgehead atoms. The molecule has 1 spiro atoms. The van der Waals surface area contributed by atoms with Gasteiger partial charge in [-0.15, -0.1) is 0 Å². The number of hydrogen-bond acceptors (Lipinski definition) is 2. The summed E-state index contributed by atoms with van der Waals surface area (Å²) in [4.78, 5) is 0. The van der Waals surface area contributed by atoms with E-state index in [9.17, 15) is 0 Å². The van der Waals surface area contributed by atoms with Crippen molar-refractivity contribution in [2.24, 2.45) is 11.8 Å². The van der Waals surface area contributed by atoms with Gasteiger partial charge >= 0.3 is 0 Å². The Kier molecular flexibility index (Phi) is 3.77. The SMILES string of the molecule is Ic1cccc2c1OC13Oc4c(I)cccc4C[C@H]1CCC[C@@H]3C2. The number of halogens is 2. The molecule has 24 heavy (non-hydrogen) atoms. The smallest absolute Gasteiger partial charge is 0.257 e. The van der Waals surface area contributed by atoms with E-state index >= 15 is 0 Å². The van der Waals surface area contributed by atoms with Crippen molar-refractivity contribution in [3.63, 3.8) is 0 Å². The minimum absolute atomic E-state index is 0.450. The van der Waals surface area contributed by atoms with Crippen LogP contribution in [0.2, 0.25) is 0 Å². The van der Waals surface area contributed by atoms with E-state index in [1.54, 1.807) is 0 Å². The molecular formula is C20H18I2O2. The summed E-state index contributed by atoms with van der Waals surface area (Å²) in [7, 11) is 0. The summed E-state index contributed by atoms with van der Waals surface area (Å²) in [6, 6.07) is 13.0. The van der Waals surface area contributed by atoms with Gasteiger partial charge < -0.3 is 9.47 Å². The van der Waals surface area contributed by atoms with Crippen molar-refractivity contribution < 1.29 is 9.47 Å². The number of para-hydroxylation sites is 2. The van der Waals surface area contributed by atoms with Crippen LogP contribution in [-0.4, -0.2) is 5.79 Å². The molecule has 0 unspecified atom stereocenters. The number of fused-ring (bicyclic) bond motifs is 2. The van der Waals surface area contributed by atoms with Gasteiger partial charge in [-0.3, -0.25) is 0 Å². The quantitative estimate of drug-likeness (QED) is 0.404. The van der Waals surface area contributed by atoms with Gasteiger partial charge in [0.15, 0.2) is 0 Å². The molecular weight excluding hydrogens is 526 g/mol. The van der Waals surface area contributed by atoms with Crippen LogP contribution < -0.4 is 9.47 Å². The highest BCUT2D eigenvalue weighted by molar-refractivity contribution is 14.1. The second-order valence-corrected chi connectivity index (χ2v) is 9.44. The molecule has 0 amide bonds. The molecule has 2 aliphatic heterocycles. The summed E-state index contributed by atoms with van der Waals surface area (Å²) in [5.41, 5.74) is 2.69. The zero-order valence-electron chi connectivity index (χ0n) is 13.2. The predicted molar refractivity (Wildman–Crippen MR) is 111 cm³/mol. The van der Waals surface area contributed by atoms with Crippen molar-refractivity contribution in [2.75, 3.05) is 0 Å². The van der Waals surface area contributed by atoms with Crippen molar-refractivity contribution in [1.29, 1.82) is 0 Å². The fourth-order valence-electron chi connectivity index (χ4n) is 4.70. The first-order chi connectivity index (χ1) is 11.7. The number of ether oxygens (including phenoxy) is 2. The Morgan fingerprint density at radius 2 is 1.29 bits per heavy atom. The summed E-state index contributed by atoms with van der Waals surface area (Å²) in [6.45, 7) is 0. The first-order valence-electron chi connectivity index (χ1n) is 8.60. The molecule has 0 radical (unpaired) electrons. The van der Waals surface area contributed by atoms with E-state index in [2.05, 4.69) is 81.6 Å². The van der Waals surface area contributed by atoms with Crippen LogP contribution in [0.15, 0.2) is 36.4 Å². The second kappa shape index (κ2) is 5.76. The van der Waals surface area contributed by atoms with Gasteiger partial charge in [0.1, 0.15) is 11.5 Å². The molecule has 0 N–H and O–H groups in total. The zero-order chi connectivity index (χ0) is 16.3. The third-order valence-electron chi connectivity index (χ3n) is 5.80. The molecule has 5 rings (SSSR count). The molecule has 3 aliphatic rings. The van der Waals surface area contributed by atoms with Crippen LogP contribution in [0.5, 0.6) is 11.5 Å². The fourth-order valence-corrected chi connectivity index (χ4v) is 6.02. The lowest BCUT2D eigenvalue weighted by Gasteiger charge is -2.53. The third kappa shape index (κ3) is 2.24. The minimum Gasteiger partial charge on any atom is -0.450 e. The molecule has 4 heteroatoms. The summed E-state index contributed by atoms with van der Waals surface area (Å²) in [6.07, 6.45) is 5.81. The Morgan fingerprint density at radius 1 is 0.792 bits per heavy atom. The molecule has 1 saturated carbocycles. The third-order valence-corrected chi connectivity index (χ3v) is 7.50. The first kappa shape index (κ1) is 15.7. The summed E-state index contributed by atoms with van der Waals surface area (Å²) < 4.78 is 15.9. The van der Waals surface area contributed by atoms with Crippen molar-refractivity contribution in [2.45, 2.75) is 37.9 Å². The Balaban J connectivity index is 1.65. The fraction of sp³-hybridized carbons (Fsp3) is 0.400. The maximum Gasteiger partial charge on any atom is 0.257 e. The van der Waals surface area contributed by atoms with Crippen molar-refractivity contribution in [3.05, 3.63) is 54.7 Å². The standard InChI is InChI=1S/C20H18I2O2/c21-16-8-1-4-12-10-14-6-3-7-15-11-13-5-2-9-17(22)19(13)24-20(14,15)23-18(12)16/h1-2,4-5,8-9,14-15H,3,6-7,10-11H2/t14-,15-,20?/m1/s1. The lowest BCUT2D eigenvalue weighted by Crippen LogP contribution is -2.61. The van der Waals surface area contributed by atoms with E-state index in [1.165, 1.54) is 37.5 Å². The van der Waals surface area contributed by atoms with Gasteiger partial charge in [-0.25, -0.2) is 0 Å². The molecule has 0 aromatic heterocycles. The van der Waals surface area contributed by atoms with Crippen molar-refractivity contribution in [1.82, 2.24) is 0 Å².